The highest BCUT2D eigenvalue weighted by Gasteiger charge is 2.06. The number of hydrogen-bond donors (Lipinski definition) is 2. The Balaban J connectivity index is 2.11. The second-order valence-corrected chi connectivity index (χ2v) is 4.40. The van der Waals surface area contributed by atoms with Crippen molar-refractivity contribution >= 4 is 17.3 Å². The molecule has 0 aliphatic carbocycles. The predicted octanol–water partition coefficient (Wildman–Crippen LogP) is 3.75. The van der Waals surface area contributed by atoms with Crippen LogP contribution in [-0.4, -0.2) is 5.11 Å². The van der Waals surface area contributed by atoms with Crippen molar-refractivity contribution in [3.05, 3.63) is 64.7 Å². The zero-order valence-electron chi connectivity index (χ0n) is 9.52. The van der Waals surface area contributed by atoms with E-state index in [0.29, 0.717) is 5.02 Å². The van der Waals surface area contributed by atoms with E-state index in [2.05, 4.69) is 5.32 Å². The first-order valence-corrected chi connectivity index (χ1v) is 5.80. The molecule has 2 aromatic carbocycles. The Morgan fingerprint density at radius 3 is 2.47 bits per heavy atom. The van der Waals surface area contributed by atoms with Gasteiger partial charge in [-0.25, -0.2) is 0 Å². The zero-order chi connectivity index (χ0) is 12.3. The van der Waals surface area contributed by atoms with Crippen LogP contribution in [0.1, 0.15) is 17.4 Å². The Hall–Kier alpha value is -1.51. The van der Waals surface area contributed by atoms with Crippen molar-refractivity contribution in [3.63, 3.8) is 0 Å². The number of aliphatic hydroxyl groups is 1. The lowest BCUT2D eigenvalue weighted by Crippen LogP contribution is -2.09. The Morgan fingerprint density at radius 2 is 1.82 bits per heavy atom. The molecular weight excluding hydrogens is 234 g/mol. The minimum atomic E-state index is -0.712. The summed E-state index contributed by atoms with van der Waals surface area (Å²) in [5, 5.41) is 13.7. The third kappa shape index (κ3) is 3.22. The maximum atomic E-state index is 10.0. The van der Waals surface area contributed by atoms with Crippen LogP contribution in [0.3, 0.4) is 0 Å². The van der Waals surface area contributed by atoms with Crippen molar-refractivity contribution in [3.8, 4) is 0 Å². The summed E-state index contributed by atoms with van der Waals surface area (Å²) >= 11 is 5.80. The number of aliphatic hydroxyl groups excluding tert-OH is 1. The Labute approximate surface area is 106 Å². The predicted molar refractivity (Wildman–Crippen MR) is 71.2 cm³/mol. The van der Waals surface area contributed by atoms with E-state index in [1.165, 1.54) is 0 Å². The van der Waals surface area contributed by atoms with Crippen LogP contribution in [-0.2, 0) is 0 Å². The molecule has 2 rings (SSSR count). The molecule has 2 aromatic rings. The van der Waals surface area contributed by atoms with Crippen molar-refractivity contribution in [2.45, 2.75) is 13.2 Å². The lowest BCUT2D eigenvalue weighted by Gasteiger charge is -2.15. The largest absolute Gasteiger partial charge is 0.369 e. The average Bonchev–Trinajstić information content (AvgIpc) is 2.32. The summed E-state index contributed by atoms with van der Waals surface area (Å²) in [6, 6.07) is 15.0. The molecule has 1 unspecified atom stereocenters. The van der Waals surface area contributed by atoms with Gasteiger partial charge in [0, 0.05) is 16.3 Å². The fraction of sp³-hybridized carbons (Fsp3) is 0.143. The molecule has 0 spiro atoms. The molecule has 88 valence electrons. The average molecular weight is 248 g/mol. The first kappa shape index (κ1) is 12.0. The first-order chi connectivity index (χ1) is 8.15. The molecule has 2 nitrogen and oxygen atoms in total. The van der Waals surface area contributed by atoms with E-state index in [4.69, 9.17) is 11.6 Å². The number of hydrogen-bond acceptors (Lipinski definition) is 2. The molecule has 3 heteroatoms. The van der Waals surface area contributed by atoms with E-state index < -0.39 is 6.23 Å². The van der Waals surface area contributed by atoms with Crippen molar-refractivity contribution < 1.29 is 5.11 Å². The molecule has 0 bridgehead atoms. The molecule has 0 aliphatic rings. The van der Waals surface area contributed by atoms with Crippen LogP contribution in [0.5, 0.6) is 0 Å². The molecule has 0 aromatic heterocycles. The summed E-state index contributed by atoms with van der Waals surface area (Å²) in [5.74, 6) is 0. The van der Waals surface area contributed by atoms with E-state index in [1.807, 2.05) is 43.3 Å². The molecule has 2 N–H and O–H groups in total. The van der Waals surface area contributed by atoms with Gasteiger partial charge < -0.3 is 10.4 Å². The van der Waals surface area contributed by atoms with Gasteiger partial charge in [0.15, 0.2) is 6.23 Å². The van der Waals surface area contributed by atoms with Crippen molar-refractivity contribution in [2.24, 2.45) is 0 Å². The van der Waals surface area contributed by atoms with E-state index in [-0.39, 0.29) is 0 Å². The maximum Gasteiger partial charge on any atom is 0.150 e. The monoisotopic (exact) mass is 247 g/mol. The molecule has 0 saturated carbocycles. The highest BCUT2D eigenvalue weighted by atomic mass is 35.5. The van der Waals surface area contributed by atoms with Gasteiger partial charge in [0.25, 0.3) is 0 Å². The van der Waals surface area contributed by atoms with E-state index >= 15 is 0 Å². The van der Waals surface area contributed by atoms with E-state index in [0.717, 1.165) is 16.8 Å². The highest BCUT2D eigenvalue weighted by molar-refractivity contribution is 6.30. The summed E-state index contributed by atoms with van der Waals surface area (Å²) in [5.41, 5.74) is 2.81. The van der Waals surface area contributed by atoms with Gasteiger partial charge in [0.05, 0.1) is 0 Å². The fourth-order valence-corrected chi connectivity index (χ4v) is 1.75. The van der Waals surface area contributed by atoms with Gasteiger partial charge in [-0.05, 0) is 31.2 Å². The Morgan fingerprint density at radius 1 is 1.12 bits per heavy atom. The highest BCUT2D eigenvalue weighted by Crippen LogP contribution is 2.19. The summed E-state index contributed by atoms with van der Waals surface area (Å²) in [6.07, 6.45) is -0.712. The van der Waals surface area contributed by atoms with Gasteiger partial charge in [0.1, 0.15) is 0 Å². The number of aryl methyl sites for hydroxylation is 1. The molecule has 0 heterocycles. The van der Waals surface area contributed by atoms with Gasteiger partial charge in [-0.1, -0.05) is 41.4 Å². The Bertz CT molecular complexity index is 496. The number of rotatable bonds is 3. The molecule has 1 atom stereocenters. The summed E-state index contributed by atoms with van der Waals surface area (Å²) in [6.45, 7) is 2.00. The lowest BCUT2D eigenvalue weighted by atomic mass is 10.1. The van der Waals surface area contributed by atoms with Gasteiger partial charge in [-0.15, -0.1) is 0 Å². The summed E-state index contributed by atoms with van der Waals surface area (Å²) in [4.78, 5) is 0. The number of halogens is 1. The number of benzene rings is 2. The quantitative estimate of drug-likeness (QED) is 0.810. The van der Waals surface area contributed by atoms with Crippen LogP contribution in [0.2, 0.25) is 5.02 Å². The second kappa shape index (κ2) is 5.21. The standard InChI is InChI=1S/C14H14ClNO/c1-10-3-2-4-11(9-10)14(17)16-13-7-5-12(15)6-8-13/h2-9,14,16-17H,1H3. The van der Waals surface area contributed by atoms with Crippen molar-refractivity contribution in [2.75, 3.05) is 5.32 Å². The summed E-state index contributed by atoms with van der Waals surface area (Å²) < 4.78 is 0. The van der Waals surface area contributed by atoms with Crippen LogP contribution in [0.4, 0.5) is 5.69 Å². The molecule has 0 saturated heterocycles. The van der Waals surface area contributed by atoms with Crippen LogP contribution >= 0.6 is 11.6 Å². The second-order valence-electron chi connectivity index (χ2n) is 3.97. The van der Waals surface area contributed by atoms with Crippen LogP contribution in [0.25, 0.3) is 0 Å². The Kier molecular flexibility index (Phi) is 3.67. The van der Waals surface area contributed by atoms with E-state index in [9.17, 15) is 5.11 Å². The molecular formula is C14H14ClNO. The molecule has 0 aliphatic heterocycles. The topological polar surface area (TPSA) is 32.3 Å². The van der Waals surface area contributed by atoms with E-state index in [1.54, 1.807) is 12.1 Å². The van der Waals surface area contributed by atoms with Crippen LogP contribution in [0.15, 0.2) is 48.5 Å². The van der Waals surface area contributed by atoms with Crippen molar-refractivity contribution in [1.29, 1.82) is 0 Å². The molecule has 0 fully saturated rings. The van der Waals surface area contributed by atoms with Crippen LogP contribution in [0, 0.1) is 6.92 Å². The first-order valence-electron chi connectivity index (χ1n) is 5.42. The number of anilines is 1. The van der Waals surface area contributed by atoms with Gasteiger partial charge >= 0.3 is 0 Å². The molecule has 0 radical (unpaired) electrons. The van der Waals surface area contributed by atoms with Gasteiger partial charge in [-0.2, -0.15) is 0 Å². The SMILES string of the molecule is Cc1cccc(C(O)Nc2ccc(Cl)cc2)c1. The smallest absolute Gasteiger partial charge is 0.150 e. The van der Waals surface area contributed by atoms with Gasteiger partial charge in [-0.3, -0.25) is 0 Å². The number of nitrogens with one attached hydrogen (secondary N) is 1. The third-order valence-electron chi connectivity index (χ3n) is 2.51. The minimum absolute atomic E-state index is 0.681. The fourth-order valence-electron chi connectivity index (χ4n) is 1.63. The molecule has 0 amide bonds. The van der Waals surface area contributed by atoms with Crippen LogP contribution < -0.4 is 5.32 Å². The summed E-state index contributed by atoms with van der Waals surface area (Å²) in [7, 11) is 0. The normalized spacial score (nSPS) is 12.2. The lowest BCUT2D eigenvalue weighted by molar-refractivity contribution is 0.208. The third-order valence-corrected chi connectivity index (χ3v) is 2.76. The molecule has 17 heavy (non-hydrogen) atoms. The van der Waals surface area contributed by atoms with Gasteiger partial charge in [0.2, 0.25) is 0 Å². The zero-order valence-corrected chi connectivity index (χ0v) is 10.3. The van der Waals surface area contributed by atoms with Crippen molar-refractivity contribution in [1.82, 2.24) is 0 Å². The minimum Gasteiger partial charge on any atom is -0.369 e. The maximum absolute atomic E-state index is 10.0.